The molecule has 0 aromatic carbocycles. The Balaban J connectivity index is 3.07. The Morgan fingerprint density at radius 2 is 1.92 bits per heavy atom. The molecule has 1 heterocycles. The molecule has 0 saturated heterocycles. The summed E-state index contributed by atoms with van der Waals surface area (Å²) in [4.78, 5) is 4.51. The fourth-order valence-electron chi connectivity index (χ4n) is 2.18. The number of nitrogens with zero attached hydrogens (tertiary/aromatic N) is 1. The van der Waals surface area contributed by atoms with E-state index in [2.05, 4.69) is 44.8 Å². The first-order chi connectivity index (χ1) is 11.3. The van der Waals surface area contributed by atoms with Crippen molar-refractivity contribution in [2.24, 2.45) is 5.14 Å². The van der Waals surface area contributed by atoms with Gasteiger partial charge in [-0.3, -0.25) is 10.1 Å². The van der Waals surface area contributed by atoms with Crippen molar-refractivity contribution < 1.29 is 8.63 Å². The van der Waals surface area contributed by atoms with E-state index in [4.69, 9.17) is 16.0 Å². The van der Waals surface area contributed by atoms with E-state index < -0.39 is 24.1 Å². The molecule has 0 bridgehead atoms. The van der Waals surface area contributed by atoms with Crippen LogP contribution in [0.15, 0.2) is 18.3 Å². The van der Waals surface area contributed by atoms with Crippen LogP contribution in [0.5, 0.6) is 0 Å². The Morgan fingerprint density at radius 1 is 1.32 bits per heavy atom. The molecule has 0 spiro atoms. The molecule has 0 amide bonds. The molecule has 1 aromatic heterocycles. The van der Waals surface area contributed by atoms with Gasteiger partial charge in [0.25, 0.3) is 0 Å². The Labute approximate surface area is 156 Å². The van der Waals surface area contributed by atoms with Gasteiger partial charge in [-0.1, -0.05) is 26.7 Å². The lowest BCUT2D eigenvalue weighted by atomic mass is 9.93. The van der Waals surface area contributed by atoms with Gasteiger partial charge in [0, 0.05) is 30.0 Å². The first kappa shape index (κ1) is 22.0. The molecule has 0 aliphatic carbocycles. The van der Waals surface area contributed by atoms with Crippen molar-refractivity contribution in [1.29, 1.82) is 0 Å². The molecule has 0 radical (unpaired) electrons. The van der Waals surface area contributed by atoms with E-state index in [0.717, 1.165) is 11.3 Å². The fraction of sp³-hybridized carbons (Fsp3) is 0.632. The molecule has 0 aliphatic heterocycles. The van der Waals surface area contributed by atoms with Crippen molar-refractivity contribution in [2.75, 3.05) is 6.61 Å². The van der Waals surface area contributed by atoms with Crippen molar-refractivity contribution >= 4 is 19.3 Å². The van der Waals surface area contributed by atoms with Gasteiger partial charge in [-0.15, -0.1) is 6.42 Å². The maximum absolute atomic E-state index is 11.9. The Kier molecular flexibility index (Phi) is 7.17. The number of terminal acetylenes is 1. The van der Waals surface area contributed by atoms with Gasteiger partial charge in [0.15, 0.2) is 8.32 Å². The largest absolute Gasteiger partial charge is 0.416 e. The maximum atomic E-state index is 11.9. The summed E-state index contributed by atoms with van der Waals surface area (Å²) in [6.45, 7) is 15.5. The summed E-state index contributed by atoms with van der Waals surface area (Å²) in [6.07, 6.45) is 7.74. The summed E-state index contributed by atoms with van der Waals surface area (Å²) < 4.78 is 17.8. The molecule has 0 aliphatic rings. The fourth-order valence-corrected chi connectivity index (χ4v) is 3.60. The van der Waals surface area contributed by atoms with Crippen molar-refractivity contribution in [3.63, 3.8) is 0 Å². The van der Waals surface area contributed by atoms with Gasteiger partial charge in [-0.25, -0.2) is 4.21 Å². The predicted octanol–water partition coefficient (Wildman–Crippen LogP) is 3.96. The molecule has 1 unspecified atom stereocenters. The highest BCUT2D eigenvalue weighted by Crippen LogP contribution is 2.38. The van der Waals surface area contributed by atoms with E-state index in [-0.39, 0.29) is 11.0 Å². The van der Waals surface area contributed by atoms with Crippen molar-refractivity contribution in [2.45, 2.75) is 69.8 Å². The van der Waals surface area contributed by atoms with Crippen LogP contribution in [0.1, 0.15) is 58.2 Å². The summed E-state index contributed by atoms with van der Waals surface area (Å²) >= 11 is 0. The number of nitrogens with two attached hydrogens (primary N) is 1. The summed E-state index contributed by atoms with van der Waals surface area (Å²) in [5, 5.41) is 5.82. The number of hydrogen-bond acceptors (Lipinski definition) is 3. The number of hydrogen-bond donors (Lipinski definition) is 1. The molecular formula is C19H32N2O2SSi. The summed E-state index contributed by atoms with van der Waals surface area (Å²) in [7, 11) is -3.31. The molecule has 0 saturated carbocycles. The minimum Gasteiger partial charge on any atom is -0.416 e. The Morgan fingerprint density at radius 3 is 2.32 bits per heavy atom. The van der Waals surface area contributed by atoms with Gasteiger partial charge < -0.3 is 4.43 Å². The zero-order valence-corrected chi connectivity index (χ0v) is 18.4. The van der Waals surface area contributed by atoms with E-state index in [1.165, 1.54) is 0 Å². The van der Waals surface area contributed by atoms with E-state index in [1.807, 2.05) is 26.0 Å². The van der Waals surface area contributed by atoms with Crippen LogP contribution in [-0.2, 0) is 15.4 Å². The lowest BCUT2D eigenvalue weighted by molar-refractivity contribution is 0.248. The molecule has 0 fully saturated rings. The lowest BCUT2D eigenvalue weighted by Crippen LogP contribution is -2.42. The van der Waals surface area contributed by atoms with Gasteiger partial charge in [0.1, 0.15) is 0 Å². The molecule has 1 rings (SSSR count). The second-order valence-corrected chi connectivity index (χ2v) is 15.2. The van der Waals surface area contributed by atoms with Gasteiger partial charge in [0.05, 0.1) is 15.7 Å². The standard InChI is InChI=1S/C19H32N2O2SSi/c1-9-15-10-11-17(21-13-15)16(12-19(5,6)24(20)22)14-23-25(7,8)18(2,3)4/h1,10-11,13,16H,12,14,20H2,2-8H3/t16-,24?/m0/s1. The number of aromatic nitrogens is 1. The summed E-state index contributed by atoms with van der Waals surface area (Å²) in [6, 6.07) is 3.82. The van der Waals surface area contributed by atoms with E-state index >= 15 is 0 Å². The number of pyridine rings is 1. The monoisotopic (exact) mass is 380 g/mol. The van der Waals surface area contributed by atoms with Crippen molar-refractivity contribution in [1.82, 2.24) is 4.98 Å². The third-order valence-electron chi connectivity index (χ3n) is 5.11. The van der Waals surface area contributed by atoms with Gasteiger partial charge in [-0.2, -0.15) is 0 Å². The lowest BCUT2D eigenvalue weighted by Gasteiger charge is -2.38. The Bertz CT molecular complexity index is 643. The second-order valence-electron chi connectivity index (χ2n) is 8.65. The zero-order valence-electron chi connectivity index (χ0n) is 16.6. The summed E-state index contributed by atoms with van der Waals surface area (Å²) in [5.74, 6) is 2.60. The van der Waals surface area contributed by atoms with Crippen molar-refractivity contribution in [3.05, 3.63) is 29.6 Å². The average Bonchev–Trinajstić information content (AvgIpc) is 2.50. The third kappa shape index (κ3) is 6.03. The minimum atomic E-state index is -1.89. The van der Waals surface area contributed by atoms with Gasteiger partial charge in [-0.05, 0) is 50.5 Å². The molecule has 25 heavy (non-hydrogen) atoms. The highest BCUT2D eigenvalue weighted by Gasteiger charge is 2.38. The van der Waals surface area contributed by atoms with Crippen LogP contribution in [0, 0.1) is 12.3 Å². The second kappa shape index (κ2) is 8.13. The molecular weight excluding hydrogens is 348 g/mol. The molecule has 4 nitrogen and oxygen atoms in total. The quantitative estimate of drug-likeness (QED) is 0.575. The molecule has 2 N–H and O–H groups in total. The van der Waals surface area contributed by atoms with Gasteiger partial charge >= 0.3 is 0 Å². The first-order valence-corrected chi connectivity index (χ1v) is 12.6. The van der Waals surface area contributed by atoms with E-state index in [9.17, 15) is 4.21 Å². The summed E-state index contributed by atoms with van der Waals surface area (Å²) in [5.41, 5.74) is 1.64. The zero-order chi connectivity index (χ0) is 19.5. The SMILES string of the molecule is C#Cc1ccc([C@H](CO[Si](C)(C)C(C)(C)C)CC(C)(C)S(N)=O)nc1. The van der Waals surface area contributed by atoms with Crippen LogP contribution in [-0.4, -0.2) is 28.9 Å². The number of rotatable bonds is 7. The van der Waals surface area contributed by atoms with Crippen molar-refractivity contribution in [3.8, 4) is 12.3 Å². The highest BCUT2D eigenvalue weighted by atomic mass is 32.2. The van der Waals surface area contributed by atoms with Crippen LogP contribution in [0.3, 0.4) is 0 Å². The smallest absolute Gasteiger partial charge is 0.192 e. The van der Waals surface area contributed by atoms with Crippen LogP contribution < -0.4 is 5.14 Å². The van der Waals surface area contributed by atoms with Crippen LogP contribution >= 0.6 is 0 Å². The normalized spacial score (nSPS) is 15.5. The maximum Gasteiger partial charge on any atom is 0.192 e. The van der Waals surface area contributed by atoms with Crippen LogP contribution in [0.4, 0.5) is 0 Å². The molecule has 2 atom stereocenters. The third-order valence-corrected chi connectivity index (χ3v) is 10.9. The predicted molar refractivity (Wildman–Crippen MR) is 109 cm³/mol. The van der Waals surface area contributed by atoms with Crippen LogP contribution in [0.2, 0.25) is 18.1 Å². The average molecular weight is 381 g/mol. The Hall–Kier alpha value is -1.00. The molecule has 6 heteroatoms. The van der Waals surface area contributed by atoms with E-state index in [1.54, 1.807) is 6.20 Å². The van der Waals surface area contributed by atoms with E-state index in [0.29, 0.717) is 13.0 Å². The highest BCUT2D eigenvalue weighted by molar-refractivity contribution is 7.84. The topological polar surface area (TPSA) is 65.2 Å². The van der Waals surface area contributed by atoms with Crippen LogP contribution in [0.25, 0.3) is 0 Å². The first-order valence-electron chi connectivity index (χ1n) is 8.53. The minimum absolute atomic E-state index is 0.0171. The molecule has 1 aromatic rings. The van der Waals surface area contributed by atoms with Gasteiger partial charge in [0.2, 0.25) is 0 Å². The molecule has 140 valence electrons.